The summed E-state index contributed by atoms with van der Waals surface area (Å²) in [7, 11) is 0. The molecular weight excluding hydrogens is 206 g/mol. The molecular formula is C12H13NO3. The van der Waals surface area contributed by atoms with Gasteiger partial charge in [0.15, 0.2) is 0 Å². The summed E-state index contributed by atoms with van der Waals surface area (Å²) in [5.74, 6) is -0.887. The number of amides is 1. The summed E-state index contributed by atoms with van der Waals surface area (Å²) in [5, 5.41) is 11.5. The van der Waals surface area contributed by atoms with E-state index in [1.165, 1.54) is 12.1 Å². The monoisotopic (exact) mass is 219 g/mol. The molecule has 1 aliphatic rings. The topological polar surface area (TPSA) is 66.4 Å². The Kier molecular flexibility index (Phi) is 2.90. The Hall–Kier alpha value is -1.84. The number of aromatic carboxylic acids is 1. The Morgan fingerprint density at radius 1 is 1.31 bits per heavy atom. The normalized spacial score (nSPS) is 15.2. The third-order valence-electron chi connectivity index (χ3n) is 2.85. The van der Waals surface area contributed by atoms with Crippen LogP contribution in [0.5, 0.6) is 0 Å². The van der Waals surface area contributed by atoms with Gasteiger partial charge in [0.25, 0.3) is 0 Å². The van der Waals surface area contributed by atoms with Crippen LogP contribution in [0.15, 0.2) is 24.3 Å². The van der Waals surface area contributed by atoms with Crippen molar-refractivity contribution in [3.63, 3.8) is 0 Å². The van der Waals surface area contributed by atoms with Gasteiger partial charge in [-0.2, -0.15) is 0 Å². The van der Waals surface area contributed by atoms with Crippen LogP contribution in [0.1, 0.15) is 29.6 Å². The Labute approximate surface area is 93.3 Å². The Morgan fingerprint density at radius 2 is 2.06 bits per heavy atom. The highest BCUT2D eigenvalue weighted by Crippen LogP contribution is 2.27. The lowest BCUT2D eigenvalue weighted by molar-refractivity contribution is -0.122. The molecule has 0 atom stereocenters. The molecule has 0 bridgehead atoms. The van der Waals surface area contributed by atoms with Crippen LogP contribution in [-0.4, -0.2) is 17.0 Å². The number of nitrogens with one attached hydrogen (secondary N) is 1. The lowest BCUT2D eigenvalue weighted by Crippen LogP contribution is -2.28. The lowest BCUT2D eigenvalue weighted by Gasteiger charge is -2.24. The minimum atomic E-state index is -0.986. The molecule has 2 rings (SSSR count). The SMILES string of the molecule is O=C(O)c1cccc(NC(=O)C2CCC2)c1. The van der Waals surface area contributed by atoms with E-state index in [1.807, 2.05) is 0 Å². The molecule has 0 unspecified atom stereocenters. The zero-order chi connectivity index (χ0) is 11.5. The molecule has 1 amide bonds. The van der Waals surface area contributed by atoms with Crippen molar-refractivity contribution in [2.24, 2.45) is 5.92 Å². The van der Waals surface area contributed by atoms with E-state index < -0.39 is 5.97 Å². The molecule has 1 fully saturated rings. The van der Waals surface area contributed by atoms with Crippen LogP contribution in [0.3, 0.4) is 0 Å². The van der Waals surface area contributed by atoms with Crippen molar-refractivity contribution in [1.82, 2.24) is 0 Å². The first-order valence-electron chi connectivity index (χ1n) is 5.31. The molecule has 1 aliphatic carbocycles. The third kappa shape index (κ3) is 2.21. The van der Waals surface area contributed by atoms with E-state index in [4.69, 9.17) is 5.11 Å². The van der Waals surface area contributed by atoms with Crippen molar-refractivity contribution >= 4 is 17.6 Å². The molecule has 4 nitrogen and oxygen atoms in total. The average Bonchev–Trinajstić information content (AvgIpc) is 2.15. The molecule has 4 heteroatoms. The van der Waals surface area contributed by atoms with Crippen molar-refractivity contribution in [2.45, 2.75) is 19.3 Å². The van der Waals surface area contributed by atoms with Gasteiger partial charge in [0, 0.05) is 11.6 Å². The average molecular weight is 219 g/mol. The Bertz CT molecular complexity index is 424. The highest BCUT2D eigenvalue weighted by atomic mass is 16.4. The maximum absolute atomic E-state index is 11.6. The van der Waals surface area contributed by atoms with Crippen molar-refractivity contribution in [3.8, 4) is 0 Å². The maximum atomic E-state index is 11.6. The fourth-order valence-electron chi connectivity index (χ4n) is 1.64. The Morgan fingerprint density at radius 3 is 2.62 bits per heavy atom. The van der Waals surface area contributed by atoms with Gasteiger partial charge in [-0.05, 0) is 31.0 Å². The summed E-state index contributed by atoms with van der Waals surface area (Å²) < 4.78 is 0. The summed E-state index contributed by atoms with van der Waals surface area (Å²) in [6.07, 6.45) is 2.97. The van der Waals surface area contributed by atoms with Crippen LogP contribution in [0.2, 0.25) is 0 Å². The number of hydrogen-bond acceptors (Lipinski definition) is 2. The molecule has 0 saturated heterocycles. The molecule has 1 saturated carbocycles. The molecule has 1 aromatic carbocycles. The number of benzene rings is 1. The standard InChI is InChI=1S/C12H13NO3/c14-11(8-3-1-4-8)13-10-6-2-5-9(7-10)12(15)16/h2,5-8H,1,3-4H2,(H,13,14)(H,15,16). The number of carboxylic acids is 1. The highest BCUT2D eigenvalue weighted by molar-refractivity contribution is 5.95. The minimum absolute atomic E-state index is 0.00575. The predicted molar refractivity (Wildman–Crippen MR) is 59.4 cm³/mol. The zero-order valence-electron chi connectivity index (χ0n) is 8.77. The second-order valence-corrected chi connectivity index (χ2v) is 4.00. The van der Waals surface area contributed by atoms with Gasteiger partial charge in [-0.1, -0.05) is 12.5 Å². The second kappa shape index (κ2) is 4.35. The molecule has 0 radical (unpaired) electrons. The van der Waals surface area contributed by atoms with Gasteiger partial charge in [-0.3, -0.25) is 4.79 Å². The first kappa shape index (κ1) is 10.7. The maximum Gasteiger partial charge on any atom is 0.335 e. The van der Waals surface area contributed by atoms with Crippen LogP contribution in [-0.2, 0) is 4.79 Å². The van der Waals surface area contributed by atoms with Gasteiger partial charge in [0.2, 0.25) is 5.91 Å². The summed E-state index contributed by atoms with van der Waals surface area (Å²) in [5.41, 5.74) is 0.739. The minimum Gasteiger partial charge on any atom is -0.478 e. The van der Waals surface area contributed by atoms with Crippen molar-refractivity contribution < 1.29 is 14.7 Å². The van der Waals surface area contributed by atoms with Crippen LogP contribution < -0.4 is 5.32 Å². The fourth-order valence-corrected chi connectivity index (χ4v) is 1.64. The van der Waals surface area contributed by atoms with E-state index >= 15 is 0 Å². The molecule has 0 aromatic heterocycles. The second-order valence-electron chi connectivity index (χ2n) is 4.00. The van der Waals surface area contributed by atoms with Crippen molar-refractivity contribution in [1.29, 1.82) is 0 Å². The molecule has 0 heterocycles. The smallest absolute Gasteiger partial charge is 0.335 e. The summed E-state index contributed by atoms with van der Waals surface area (Å²) >= 11 is 0. The molecule has 2 N–H and O–H groups in total. The highest BCUT2D eigenvalue weighted by Gasteiger charge is 2.25. The number of hydrogen-bond donors (Lipinski definition) is 2. The summed E-state index contributed by atoms with van der Waals surface area (Å²) in [4.78, 5) is 22.3. The summed E-state index contributed by atoms with van der Waals surface area (Å²) in [6, 6.07) is 6.29. The number of carbonyl (C=O) groups is 2. The third-order valence-corrected chi connectivity index (χ3v) is 2.85. The summed E-state index contributed by atoms with van der Waals surface area (Å²) in [6.45, 7) is 0. The molecule has 0 spiro atoms. The van der Waals surface area contributed by atoms with Crippen molar-refractivity contribution in [3.05, 3.63) is 29.8 Å². The molecule has 16 heavy (non-hydrogen) atoms. The number of anilines is 1. The largest absolute Gasteiger partial charge is 0.478 e. The van der Waals surface area contributed by atoms with Gasteiger partial charge >= 0.3 is 5.97 Å². The van der Waals surface area contributed by atoms with Crippen LogP contribution in [0.25, 0.3) is 0 Å². The zero-order valence-corrected chi connectivity index (χ0v) is 8.77. The molecule has 0 aliphatic heterocycles. The van der Waals surface area contributed by atoms with Gasteiger partial charge in [0.1, 0.15) is 0 Å². The Balaban J connectivity index is 2.05. The van der Waals surface area contributed by atoms with Crippen LogP contribution in [0.4, 0.5) is 5.69 Å². The lowest BCUT2D eigenvalue weighted by atomic mass is 9.85. The van der Waals surface area contributed by atoms with E-state index in [9.17, 15) is 9.59 Å². The van der Waals surface area contributed by atoms with Gasteiger partial charge in [-0.25, -0.2) is 4.79 Å². The van der Waals surface area contributed by atoms with Crippen LogP contribution in [0, 0.1) is 5.92 Å². The van der Waals surface area contributed by atoms with Gasteiger partial charge in [-0.15, -0.1) is 0 Å². The van der Waals surface area contributed by atoms with Crippen molar-refractivity contribution in [2.75, 3.05) is 5.32 Å². The first-order valence-corrected chi connectivity index (χ1v) is 5.31. The molecule has 84 valence electrons. The van der Waals surface area contributed by atoms with Crippen LogP contribution >= 0.6 is 0 Å². The van der Waals surface area contributed by atoms with E-state index in [0.717, 1.165) is 19.3 Å². The van der Waals surface area contributed by atoms with Gasteiger partial charge in [0.05, 0.1) is 5.56 Å². The van der Waals surface area contributed by atoms with E-state index in [1.54, 1.807) is 12.1 Å². The molecule has 1 aromatic rings. The predicted octanol–water partition coefficient (Wildman–Crippen LogP) is 2.12. The van der Waals surface area contributed by atoms with E-state index in [-0.39, 0.29) is 17.4 Å². The number of carboxylic acid groups (broad SMARTS) is 1. The van der Waals surface area contributed by atoms with Gasteiger partial charge < -0.3 is 10.4 Å². The van der Waals surface area contributed by atoms with E-state index in [2.05, 4.69) is 5.32 Å². The quantitative estimate of drug-likeness (QED) is 0.818. The van der Waals surface area contributed by atoms with E-state index in [0.29, 0.717) is 5.69 Å². The fraction of sp³-hybridized carbons (Fsp3) is 0.333. The first-order chi connectivity index (χ1) is 7.66. The number of carbonyl (C=O) groups excluding carboxylic acids is 1. The number of rotatable bonds is 3.